The summed E-state index contributed by atoms with van der Waals surface area (Å²) in [7, 11) is 0. The van der Waals surface area contributed by atoms with Crippen molar-refractivity contribution in [3.8, 4) is 16.9 Å². The largest absolute Gasteiger partial charge is 0.508 e. The third-order valence-electron chi connectivity index (χ3n) is 4.84. The topological polar surface area (TPSA) is 29.5 Å². The van der Waals surface area contributed by atoms with E-state index in [0.717, 1.165) is 65.9 Å². The molecule has 0 atom stereocenters. The molecule has 128 valence electrons. The highest BCUT2D eigenvalue weighted by Crippen LogP contribution is 2.38. The molecule has 0 aromatic heterocycles. The number of phenolic OH excluding ortho intramolecular Hbond substituents is 1. The molecule has 1 saturated heterocycles. The Kier molecular flexibility index (Phi) is 5.20. The quantitative estimate of drug-likeness (QED) is 0.789. The van der Waals surface area contributed by atoms with Gasteiger partial charge in [-0.1, -0.05) is 6.07 Å². The van der Waals surface area contributed by atoms with Crippen molar-refractivity contribution in [2.75, 3.05) is 13.2 Å². The molecule has 1 aliphatic carbocycles. The molecule has 4 rings (SSSR count). The smallest absolute Gasteiger partial charge is 0.126 e. The Morgan fingerprint density at radius 3 is 2.12 bits per heavy atom. The molecule has 2 nitrogen and oxygen atoms in total. The Morgan fingerprint density at radius 2 is 1.54 bits per heavy atom. The van der Waals surface area contributed by atoms with Crippen molar-refractivity contribution in [1.82, 2.24) is 0 Å². The number of fused-ring (bicyclic) bond motifs is 1. The first kappa shape index (κ1) is 17.0. The van der Waals surface area contributed by atoms with Crippen molar-refractivity contribution in [2.45, 2.75) is 46.0 Å². The van der Waals surface area contributed by atoms with Gasteiger partial charge in [-0.2, -0.15) is 0 Å². The predicted octanol–water partition coefficient (Wildman–Crippen LogP) is 5.10. The molecule has 0 radical (unpaired) electrons. The van der Waals surface area contributed by atoms with Crippen LogP contribution in [0.4, 0.5) is 4.39 Å². The first-order valence-corrected chi connectivity index (χ1v) is 8.76. The summed E-state index contributed by atoms with van der Waals surface area (Å²) in [5.74, 6) is 0.211. The number of aromatic hydroxyl groups is 1. The van der Waals surface area contributed by atoms with Crippen molar-refractivity contribution in [1.29, 1.82) is 0 Å². The predicted molar refractivity (Wildman–Crippen MR) is 95.1 cm³/mol. The van der Waals surface area contributed by atoms with Crippen molar-refractivity contribution in [2.24, 2.45) is 0 Å². The molecule has 2 aromatic carbocycles. The number of hydrogen-bond donors (Lipinski definition) is 1. The van der Waals surface area contributed by atoms with Crippen LogP contribution in [0.3, 0.4) is 0 Å². The second-order valence-electron chi connectivity index (χ2n) is 6.68. The summed E-state index contributed by atoms with van der Waals surface area (Å²) in [6.07, 6.45) is 5.37. The van der Waals surface area contributed by atoms with Gasteiger partial charge in [-0.3, -0.25) is 0 Å². The van der Waals surface area contributed by atoms with Gasteiger partial charge in [0.05, 0.1) is 0 Å². The van der Waals surface area contributed by atoms with Crippen LogP contribution in [-0.4, -0.2) is 18.3 Å². The van der Waals surface area contributed by atoms with E-state index in [0.29, 0.717) is 0 Å². The number of phenols is 1. The lowest BCUT2D eigenvalue weighted by atomic mass is 9.90. The van der Waals surface area contributed by atoms with Gasteiger partial charge in [-0.15, -0.1) is 0 Å². The van der Waals surface area contributed by atoms with E-state index in [4.69, 9.17) is 4.74 Å². The molecule has 0 unspecified atom stereocenters. The van der Waals surface area contributed by atoms with Gasteiger partial charge in [0, 0.05) is 13.2 Å². The Balaban J connectivity index is 0.000000290. The Hall–Kier alpha value is -1.87. The minimum absolute atomic E-state index is 0.0784. The Bertz CT molecular complexity index is 702. The standard InChI is InChI=1S/C17H17FO.C4H8O/c1-10-8-12(19)9-11(2)17(10)15-6-7-16(18)14-5-3-4-13(14)15;1-2-4-5-3-1/h6-9,19H,3-5H2,1-2H3;1-4H2. The van der Waals surface area contributed by atoms with Crippen molar-refractivity contribution in [3.63, 3.8) is 0 Å². The summed E-state index contributed by atoms with van der Waals surface area (Å²) < 4.78 is 18.8. The minimum atomic E-state index is -0.0784. The number of ether oxygens (including phenoxy) is 1. The molecule has 3 heteroatoms. The lowest BCUT2D eigenvalue weighted by Gasteiger charge is -2.15. The summed E-state index contributed by atoms with van der Waals surface area (Å²) in [5, 5.41) is 9.64. The SMILES string of the molecule is C1CCOC1.Cc1cc(O)cc(C)c1-c1ccc(F)c2c1CCC2. The van der Waals surface area contributed by atoms with E-state index in [-0.39, 0.29) is 11.6 Å². The van der Waals surface area contributed by atoms with Gasteiger partial charge in [0.2, 0.25) is 0 Å². The number of rotatable bonds is 1. The number of hydrogen-bond acceptors (Lipinski definition) is 2. The molecule has 1 N–H and O–H groups in total. The molecule has 2 aromatic rings. The first-order valence-electron chi connectivity index (χ1n) is 8.76. The fourth-order valence-corrected chi connectivity index (χ4v) is 3.77. The monoisotopic (exact) mass is 328 g/mol. The van der Waals surface area contributed by atoms with E-state index in [1.54, 1.807) is 18.2 Å². The van der Waals surface area contributed by atoms with Gasteiger partial charge in [0.1, 0.15) is 11.6 Å². The summed E-state index contributed by atoms with van der Waals surface area (Å²) in [6, 6.07) is 7.00. The van der Waals surface area contributed by atoms with Crippen LogP contribution in [0.25, 0.3) is 11.1 Å². The summed E-state index contributed by atoms with van der Waals surface area (Å²) >= 11 is 0. The maximum Gasteiger partial charge on any atom is 0.126 e. The maximum absolute atomic E-state index is 13.8. The fraction of sp³-hybridized carbons (Fsp3) is 0.429. The second kappa shape index (κ2) is 7.35. The minimum Gasteiger partial charge on any atom is -0.508 e. The molecular weight excluding hydrogens is 303 g/mol. The van der Waals surface area contributed by atoms with E-state index in [9.17, 15) is 9.50 Å². The van der Waals surface area contributed by atoms with Crippen LogP contribution in [-0.2, 0) is 17.6 Å². The molecular formula is C21H25FO2. The van der Waals surface area contributed by atoms with Gasteiger partial charge < -0.3 is 9.84 Å². The van der Waals surface area contributed by atoms with Crippen molar-refractivity contribution >= 4 is 0 Å². The highest BCUT2D eigenvalue weighted by Gasteiger charge is 2.21. The van der Waals surface area contributed by atoms with E-state index in [2.05, 4.69) is 0 Å². The average Bonchev–Trinajstić information content (AvgIpc) is 3.23. The molecule has 1 fully saturated rings. The third-order valence-corrected chi connectivity index (χ3v) is 4.84. The van der Waals surface area contributed by atoms with Crippen LogP contribution < -0.4 is 0 Å². The van der Waals surface area contributed by atoms with Crippen LogP contribution in [0.5, 0.6) is 5.75 Å². The van der Waals surface area contributed by atoms with Gasteiger partial charge in [0.15, 0.2) is 0 Å². The molecule has 1 aliphatic heterocycles. The zero-order chi connectivity index (χ0) is 17.1. The normalized spacial score (nSPS) is 15.8. The second-order valence-corrected chi connectivity index (χ2v) is 6.68. The maximum atomic E-state index is 13.8. The Labute approximate surface area is 143 Å². The van der Waals surface area contributed by atoms with E-state index < -0.39 is 0 Å². The van der Waals surface area contributed by atoms with E-state index in [1.807, 2.05) is 19.9 Å². The number of halogens is 1. The molecule has 24 heavy (non-hydrogen) atoms. The van der Waals surface area contributed by atoms with Gasteiger partial charge in [0.25, 0.3) is 0 Å². The third kappa shape index (κ3) is 3.46. The fourth-order valence-electron chi connectivity index (χ4n) is 3.77. The van der Waals surface area contributed by atoms with Crippen LogP contribution in [0, 0.1) is 19.7 Å². The van der Waals surface area contributed by atoms with E-state index >= 15 is 0 Å². The highest BCUT2D eigenvalue weighted by molar-refractivity contribution is 5.76. The summed E-state index contributed by atoms with van der Waals surface area (Å²) in [6.45, 7) is 5.99. The van der Waals surface area contributed by atoms with Gasteiger partial charge in [-0.05, 0) is 97.5 Å². The summed E-state index contributed by atoms with van der Waals surface area (Å²) in [5.41, 5.74) is 6.37. The number of benzene rings is 2. The van der Waals surface area contributed by atoms with Gasteiger partial charge in [-0.25, -0.2) is 4.39 Å². The van der Waals surface area contributed by atoms with Crippen LogP contribution >= 0.6 is 0 Å². The molecule has 0 spiro atoms. The van der Waals surface area contributed by atoms with Crippen molar-refractivity contribution < 1.29 is 14.2 Å². The molecule has 0 saturated carbocycles. The molecule has 0 bridgehead atoms. The van der Waals surface area contributed by atoms with Gasteiger partial charge >= 0.3 is 0 Å². The first-order chi connectivity index (χ1) is 11.6. The zero-order valence-electron chi connectivity index (χ0n) is 14.5. The lowest BCUT2D eigenvalue weighted by Crippen LogP contribution is -1.96. The van der Waals surface area contributed by atoms with E-state index in [1.165, 1.54) is 12.8 Å². The summed E-state index contributed by atoms with van der Waals surface area (Å²) in [4.78, 5) is 0. The molecule has 2 aliphatic rings. The zero-order valence-corrected chi connectivity index (χ0v) is 14.5. The average molecular weight is 328 g/mol. The van der Waals surface area contributed by atoms with Crippen LogP contribution in [0.1, 0.15) is 41.5 Å². The Morgan fingerprint density at radius 1 is 0.917 bits per heavy atom. The van der Waals surface area contributed by atoms with Crippen LogP contribution in [0.15, 0.2) is 24.3 Å². The van der Waals surface area contributed by atoms with Crippen LogP contribution in [0.2, 0.25) is 0 Å². The molecule has 0 amide bonds. The molecule has 1 heterocycles. The lowest BCUT2D eigenvalue weighted by molar-refractivity contribution is 0.198. The number of aryl methyl sites for hydroxylation is 2. The van der Waals surface area contributed by atoms with Crippen molar-refractivity contribution in [3.05, 3.63) is 52.3 Å². The highest BCUT2D eigenvalue weighted by atomic mass is 19.1.